The van der Waals surface area contributed by atoms with Crippen LogP contribution in [0.15, 0.2) is 33.1 Å². The molecule has 0 saturated heterocycles. The van der Waals surface area contributed by atoms with Crippen LogP contribution in [0.25, 0.3) is 11.4 Å². The van der Waals surface area contributed by atoms with Crippen LogP contribution in [-0.2, 0) is 10.5 Å². The number of amides is 1. The Morgan fingerprint density at radius 3 is 2.89 bits per heavy atom. The zero-order chi connectivity index (χ0) is 18.8. The van der Waals surface area contributed by atoms with Gasteiger partial charge in [0.2, 0.25) is 22.8 Å². The highest BCUT2D eigenvalue weighted by molar-refractivity contribution is 8.00. The monoisotopic (exact) mass is 401 g/mol. The zero-order valence-corrected chi connectivity index (χ0v) is 16.7. The molecule has 1 saturated carbocycles. The third-order valence-electron chi connectivity index (χ3n) is 4.26. The lowest BCUT2D eigenvalue weighted by Crippen LogP contribution is -2.32. The normalized spacial score (nSPS) is 13.7. The van der Waals surface area contributed by atoms with E-state index >= 15 is 0 Å². The van der Waals surface area contributed by atoms with E-state index < -0.39 is 0 Å². The molecule has 4 rings (SSSR count). The smallest absolute Gasteiger partial charge is 0.237 e. The van der Waals surface area contributed by atoms with E-state index in [0.29, 0.717) is 29.0 Å². The number of hydrogen-bond donors (Lipinski definition) is 0. The molecule has 0 radical (unpaired) electrons. The number of carbonyl (C=O) groups is 1. The lowest BCUT2D eigenvalue weighted by atomic mass is 10.1. The molecule has 1 aliphatic carbocycles. The minimum Gasteiger partial charge on any atom is -0.338 e. The van der Waals surface area contributed by atoms with E-state index in [2.05, 4.69) is 20.3 Å². The molecule has 1 aromatic carbocycles. The maximum absolute atomic E-state index is 12.2. The summed E-state index contributed by atoms with van der Waals surface area (Å²) in [7, 11) is 0. The van der Waals surface area contributed by atoms with Crippen LogP contribution in [0, 0.1) is 6.92 Å². The molecule has 7 nitrogen and oxygen atoms in total. The minimum atomic E-state index is 0.102. The number of aryl methyl sites for hydroxylation is 1. The second-order valence-corrected chi connectivity index (χ2v) is 8.49. The number of hydrogen-bond acceptors (Lipinski definition) is 8. The Hall–Kier alpha value is -2.26. The predicted molar refractivity (Wildman–Crippen MR) is 105 cm³/mol. The second kappa shape index (κ2) is 7.77. The van der Waals surface area contributed by atoms with Gasteiger partial charge in [0.1, 0.15) is 0 Å². The van der Waals surface area contributed by atoms with Crippen molar-refractivity contribution in [3.63, 3.8) is 0 Å². The van der Waals surface area contributed by atoms with E-state index in [1.807, 2.05) is 38.1 Å². The molecule has 0 unspecified atom stereocenters. The van der Waals surface area contributed by atoms with E-state index in [9.17, 15) is 4.79 Å². The van der Waals surface area contributed by atoms with E-state index in [1.54, 1.807) is 4.90 Å². The van der Waals surface area contributed by atoms with Gasteiger partial charge >= 0.3 is 0 Å². The van der Waals surface area contributed by atoms with Crippen molar-refractivity contribution in [2.24, 2.45) is 0 Å². The molecule has 2 aromatic heterocycles. The molecule has 27 heavy (non-hydrogen) atoms. The van der Waals surface area contributed by atoms with Gasteiger partial charge in [-0.3, -0.25) is 9.69 Å². The molecule has 9 heteroatoms. The lowest BCUT2D eigenvalue weighted by molar-refractivity contribution is -0.118. The van der Waals surface area contributed by atoms with Crippen molar-refractivity contribution in [2.75, 3.05) is 4.90 Å². The molecule has 0 N–H and O–H groups in total. The number of anilines is 1. The zero-order valence-electron chi connectivity index (χ0n) is 15.1. The Kier molecular flexibility index (Phi) is 5.22. The van der Waals surface area contributed by atoms with Crippen LogP contribution in [0.1, 0.15) is 37.6 Å². The maximum Gasteiger partial charge on any atom is 0.237 e. The summed E-state index contributed by atoms with van der Waals surface area (Å²) in [5, 5.41) is 13.2. The third kappa shape index (κ3) is 4.03. The summed E-state index contributed by atoms with van der Waals surface area (Å²) in [4.78, 5) is 18.4. The molecule has 0 spiro atoms. The van der Waals surface area contributed by atoms with Gasteiger partial charge in [0.05, 0.1) is 5.75 Å². The fourth-order valence-corrected chi connectivity index (χ4v) is 4.47. The molecule has 1 aliphatic rings. The highest BCUT2D eigenvalue weighted by atomic mass is 32.2. The van der Waals surface area contributed by atoms with Gasteiger partial charge in [-0.2, -0.15) is 4.98 Å². The Balaban J connectivity index is 1.42. The maximum atomic E-state index is 12.2. The summed E-state index contributed by atoms with van der Waals surface area (Å²) in [6, 6.07) is 8.23. The molecule has 0 atom stereocenters. The molecule has 140 valence electrons. The van der Waals surface area contributed by atoms with E-state index in [4.69, 9.17) is 4.52 Å². The van der Waals surface area contributed by atoms with Crippen molar-refractivity contribution in [3.8, 4) is 11.4 Å². The second-order valence-electron chi connectivity index (χ2n) is 6.31. The third-order valence-corrected chi connectivity index (χ3v) is 6.30. The molecular weight excluding hydrogens is 382 g/mol. The Labute approximate surface area is 165 Å². The summed E-state index contributed by atoms with van der Waals surface area (Å²) in [6.07, 6.45) is 2.55. The molecular formula is C18H19N5O2S2. The van der Waals surface area contributed by atoms with Gasteiger partial charge in [-0.05, 0) is 25.3 Å². The first-order valence-electron chi connectivity index (χ1n) is 8.82. The van der Waals surface area contributed by atoms with E-state index in [1.165, 1.54) is 23.1 Å². The molecule has 3 aromatic rings. The molecule has 0 bridgehead atoms. The SMILES string of the molecule is CCC(=O)N(c1nnc(SCc2nc(-c3ccccc3C)no2)s1)C1CC1. The fourth-order valence-electron chi connectivity index (χ4n) is 2.70. The van der Waals surface area contributed by atoms with Gasteiger partial charge in [0.15, 0.2) is 4.34 Å². The number of thioether (sulfide) groups is 1. The average molecular weight is 402 g/mol. The van der Waals surface area contributed by atoms with Crippen molar-refractivity contribution < 1.29 is 9.32 Å². The Morgan fingerprint density at radius 1 is 1.33 bits per heavy atom. The van der Waals surface area contributed by atoms with Gasteiger partial charge in [0.25, 0.3) is 0 Å². The van der Waals surface area contributed by atoms with Crippen molar-refractivity contribution in [3.05, 3.63) is 35.7 Å². The summed E-state index contributed by atoms with van der Waals surface area (Å²) in [5.74, 6) is 1.75. The topological polar surface area (TPSA) is 85.0 Å². The summed E-state index contributed by atoms with van der Waals surface area (Å²) < 4.78 is 6.15. The number of aromatic nitrogens is 4. The average Bonchev–Trinajstić information content (AvgIpc) is 3.20. The fraction of sp³-hybridized carbons (Fsp3) is 0.389. The number of nitrogens with zero attached hydrogens (tertiary/aromatic N) is 5. The Bertz CT molecular complexity index is 951. The number of carbonyl (C=O) groups excluding carboxylic acids is 1. The first-order valence-corrected chi connectivity index (χ1v) is 10.6. The molecule has 1 amide bonds. The van der Waals surface area contributed by atoms with Crippen LogP contribution >= 0.6 is 23.1 Å². The van der Waals surface area contributed by atoms with E-state index in [-0.39, 0.29) is 11.9 Å². The summed E-state index contributed by atoms with van der Waals surface area (Å²) in [5.41, 5.74) is 2.07. The van der Waals surface area contributed by atoms with Crippen LogP contribution in [0.5, 0.6) is 0 Å². The van der Waals surface area contributed by atoms with Gasteiger partial charge < -0.3 is 4.52 Å². The van der Waals surface area contributed by atoms with Gasteiger partial charge in [-0.25, -0.2) is 0 Å². The van der Waals surface area contributed by atoms with Gasteiger partial charge in [0, 0.05) is 18.0 Å². The minimum absolute atomic E-state index is 0.102. The van der Waals surface area contributed by atoms with Crippen LogP contribution in [0.3, 0.4) is 0 Å². The Morgan fingerprint density at radius 2 is 2.15 bits per heavy atom. The van der Waals surface area contributed by atoms with Crippen molar-refractivity contribution in [1.82, 2.24) is 20.3 Å². The largest absolute Gasteiger partial charge is 0.338 e. The highest BCUT2D eigenvalue weighted by Gasteiger charge is 2.35. The standard InChI is InChI=1S/C18H19N5O2S2/c1-3-15(24)23(12-8-9-12)17-20-21-18(27-17)26-10-14-19-16(22-25-14)13-7-5-4-6-11(13)2/h4-7,12H,3,8-10H2,1-2H3. The quantitative estimate of drug-likeness (QED) is 0.435. The van der Waals surface area contributed by atoms with E-state index in [0.717, 1.165) is 28.3 Å². The van der Waals surface area contributed by atoms with Crippen molar-refractivity contribution in [1.29, 1.82) is 0 Å². The van der Waals surface area contributed by atoms with Crippen molar-refractivity contribution in [2.45, 2.75) is 49.2 Å². The summed E-state index contributed by atoms with van der Waals surface area (Å²) >= 11 is 2.92. The molecule has 0 aliphatic heterocycles. The number of benzene rings is 1. The summed E-state index contributed by atoms with van der Waals surface area (Å²) in [6.45, 7) is 3.89. The van der Waals surface area contributed by atoms with Crippen LogP contribution in [0.2, 0.25) is 0 Å². The molecule has 1 fully saturated rings. The first-order chi connectivity index (χ1) is 13.2. The van der Waals surface area contributed by atoms with Crippen LogP contribution in [-0.4, -0.2) is 32.3 Å². The van der Waals surface area contributed by atoms with Gasteiger partial charge in [-0.1, -0.05) is 59.4 Å². The molecule has 2 heterocycles. The predicted octanol–water partition coefficient (Wildman–Crippen LogP) is 4.09. The van der Waals surface area contributed by atoms with Crippen LogP contribution < -0.4 is 4.90 Å². The highest BCUT2D eigenvalue weighted by Crippen LogP contribution is 2.36. The van der Waals surface area contributed by atoms with Gasteiger partial charge in [-0.15, -0.1) is 10.2 Å². The number of rotatable bonds is 7. The van der Waals surface area contributed by atoms with Crippen molar-refractivity contribution >= 4 is 34.1 Å². The van der Waals surface area contributed by atoms with Crippen LogP contribution in [0.4, 0.5) is 5.13 Å². The lowest BCUT2D eigenvalue weighted by Gasteiger charge is -2.17. The first kappa shape index (κ1) is 18.1.